The lowest BCUT2D eigenvalue weighted by atomic mass is 10.3. The second kappa shape index (κ2) is 6.33. The first-order valence-corrected chi connectivity index (χ1v) is 6.42. The molecule has 0 unspecified atom stereocenters. The number of nitrogens with zero attached hydrogens (tertiary/aromatic N) is 1. The molecule has 1 aromatic carbocycles. The Kier molecular flexibility index (Phi) is 4.76. The van der Waals surface area contributed by atoms with E-state index in [1.807, 2.05) is 0 Å². The van der Waals surface area contributed by atoms with Gasteiger partial charge in [0.1, 0.15) is 18.2 Å². The maximum absolute atomic E-state index is 13.1. The summed E-state index contributed by atoms with van der Waals surface area (Å²) in [6.07, 6.45) is 0. The van der Waals surface area contributed by atoms with Crippen LogP contribution < -0.4 is 4.74 Å². The molecule has 1 saturated heterocycles. The Morgan fingerprint density at radius 3 is 2.76 bits per heavy atom. The predicted octanol–water partition coefficient (Wildman–Crippen LogP) is 2.30. The van der Waals surface area contributed by atoms with Gasteiger partial charge in [-0.15, -0.1) is 0 Å². The Bertz CT molecular complexity index is 349. The third kappa shape index (κ3) is 4.26. The minimum absolute atomic E-state index is 0.291. The van der Waals surface area contributed by atoms with Crippen LogP contribution in [0.3, 0.4) is 0 Å². The largest absolute Gasteiger partial charge is 0.492 e. The van der Waals surface area contributed by atoms with E-state index in [1.54, 1.807) is 6.07 Å². The quantitative estimate of drug-likeness (QED) is 0.852. The van der Waals surface area contributed by atoms with Gasteiger partial charge in [-0.25, -0.2) is 4.39 Å². The number of rotatable bonds is 4. The molecule has 1 fully saturated rings. The van der Waals surface area contributed by atoms with Gasteiger partial charge in [0.25, 0.3) is 0 Å². The Balaban J connectivity index is 1.77. The SMILES string of the molecule is Fc1cc(Br)cc(OCCN2CCOCC2)c1. The van der Waals surface area contributed by atoms with Crippen molar-refractivity contribution in [3.8, 4) is 5.75 Å². The third-order valence-electron chi connectivity index (χ3n) is 2.62. The number of halogens is 2. The summed E-state index contributed by atoms with van der Waals surface area (Å²) < 4.78 is 24.5. The molecular weight excluding hydrogens is 289 g/mol. The summed E-state index contributed by atoms with van der Waals surface area (Å²) in [6.45, 7) is 4.86. The fourth-order valence-corrected chi connectivity index (χ4v) is 2.17. The highest BCUT2D eigenvalue weighted by Gasteiger charge is 2.09. The van der Waals surface area contributed by atoms with Gasteiger partial charge in [-0.05, 0) is 12.1 Å². The first kappa shape index (κ1) is 12.8. The Labute approximate surface area is 109 Å². The van der Waals surface area contributed by atoms with Crippen LogP contribution in [0.25, 0.3) is 0 Å². The van der Waals surface area contributed by atoms with E-state index in [4.69, 9.17) is 9.47 Å². The molecule has 17 heavy (non-hydrogen) atoms. The monoisotopic (exact) mass is 303 g/mol. The highest BCUT2D eigenvalue weighted by atomic mass is 79.9. The van der Waals surface area contributed by atoms with Crippen molar-refractivity contribution in [3.63, 3.8) is 0 Å². The second-order valence-electron chi connectivity index (χ2n) is 3.91. The molecule has 0 bridgehead atoms. The lowest BCUT2D eigenvalue weighted by molar-refractivity contribution is 0.0322. The lowest BCUT2D eigenvalue weighted by Gasteiger charge is -2.26. The number of hydrogen-bond acceptors (Lipinski definition) is 3. The summed E-state index contributed by atoms with van der Waals surface area (Å²) >= 11 is 3.23. The summed E-state index contributed by atoms with van der Waals surface area (Å²) in [5, 5.41) is 0. The Morgan fingerprint density at radius 1 is 1.29 bits per heavy atom. The standard InChI is InChI=1S/C12H15BrFNO2/c13-10-7-11(14)9-12(8-10)17-6-3-15-1-4-16-5-2-15/h7-9H,1-6H2. The van der Waals surface area contributed by atoms with Crippen LogP contribution in [-0.4, -0.2) is 44.4 Å². The molecule has 1 heterocycles. The van der Waals surface area contributed by atoms with Crippen molar-refractivity contribution in [3.05, 3.63) is 28.5 Å². The van der Waals surface area contributed by atoms with Crippen molar-refractivity contribution in [2.45, 2.75) is 0 Å². The second-order valence-corrected chi connectivity index (χ2v) is 4.82. The molecule has 0 spiro atoms. The van der Waals surface area contributed by atoms with E-state index in [1.165, 1.54) is 12.1 Å². The van der Waals surface area contributed by atoms with E-state index in [0.717, 1.165) is 32.8 Å². The van der Waals surface area contributed by atoms with Gasteiger partial charge in [0, 0.05) is 30.2 Å². The molecule has 0 amide bonds. The first-order valence-electron chi connectivity index (χ1n) is 5.63. The predicted molar refractivity (Wildman–Crippen MR) is 66.9 cm³/mol. The molecule has 0 saturated carbocycles. The molecule has 1 aliphatic rings. The van der Waals surface area contributed by atoms with Gasteiger partial charge in [0.2, 0.25) is 0 Å². The van der Waals surface area contributed by atoms with Crippen molar-refractivity contribution in [2.75, 3.05) is 39.5 Å². The summed E-state index contributed by atoms with van der Waals surface area (Å²) in [4.78, 5) is 2.28. The summed E-state index contributed by atoms with van der Waals surface area (Å²) in [6, 6.07) is 4.57. The molecule has 3 nitrogen and oxygen atoms in total. The van der Waals surface area contributed by atoms with Crippen LogP contribution in [0.4, 0.5) is 4.39 Å². The molecule has 5 heteroatoms. The van der Waals surface area contributed by atoms with Crippen LogP contribution in [0.15, 0.2) is 22.7 Å². The summed E-state index contributed by atoms with van der Waals surface area (Å²) in [7, 11) is 0. The minimum Gasteiger partial charge on any atom is -0.492 e. The zero-order chi connectivity index (χ0) is 12.1. The Hall–Kier alpha value is -0.650. The van der Waals surface area contributed by atoms with Gasteiger partial charge in [-0.2, -0.15) is 0 Å². The van der Waals surface area contributed by atoms with Crippen molar-refractivity contribution < 1.29 is 13.9 Å². The topological polar surface area (TPSA) is 21.7 Å². The minimum atomic E-state index is -0.291. The average molecular weight is 304 g/mol. The van der Waals surface area contributed by atoms with Crippen LogP contribution in [0.2, 0.25) is 0 Å². The highest BCUT2D eigenvalue weighted by Crippen LogP contribution is 2.20. The van der Waals surface area contributed by atoms with Crippen molar-refractivity contribution in [1.82, 2.24) is 4.90 Å². The normalized spacial score (nSPS) is 17.1. The molecule has 1 aromatic rings. The van der Waals surface area contributed by atoms with Gasteiger partial charge < -0.3 is 9.47 Å². The van der Waals surface area contributed by atoms with Gasteiger partial charge in [0.15, 0.2) is 0 Å². The molecule has 0 aliphatic carbocycles. The zero-order valence-electron chi connectivity index (χ0n) is 9.49. The molecule has 2 rings (SSSR count). The maximum Gasteiger partial charge on any atom is 0.128 e. The number of ether oxygens (including phenoxy) is 2. The van der Waals surface area contributed by atoms with E-state index in [-0.39, 0.29) is 5.82 Å². The molecule has 0 N–H and O–H groups in total. The molecule has 0 atom stereocenters. The van der Waals surface area contributed by atoms with Gasteiger partial charge in [0.05, 0.1) is 13.2 Å². The molecular formula is C12H15BrFNO2. The molecule has 0 aromatic heterocycles. The molecule has 1 aliphatic heterocycles. The average Bonchev–Trinajstić information content (AvgIpc) is 2.29. The van der Waals surface area contributed by atoms with E-state index in [2.05, 4.69) is 20.8 Å². The summed E-state index contributed by atoms with van der Waals surface area (Å²) in [5.74, 6) is 0.269. The van der Waals surface area contributed by atoms with Gasteiger partial charge in [-0.3, -0.25) is 4.90 Å². The number of benzene rings is 1. The molecule has 0 radical (unpaired) electrons. The van der Waals surface area contributed by atoms with Crippen LogP contribution in [0.5, 0.6) is 5.75 Å². The smallest absolute Gasteiger partial charge is 0.128 e. The zero-order valence-corrected chi connectivity index (χ0v) is 11.1. The Morgan fingerprint density at radius 2 is 2.06 bits per heavy atom. The molecule has 94 valence electrons. The fourth-order valence-electron chi connectivity index (χ4n) is 1.73. The summed E-state index contributed by atoms with van der Waals surface area (Å²) in [5.41, 5.74) is 0. The highest BCUT2D eigenvalue weighted by molar-refractivity contribution is 9.10. The lowest BCUT2D eigenvalue weighted by Crippen LogP contribution is -2.38. The van der Waals surface area contributed by atoms with E-state index in [0.29, 0.717) is 16.8 Å². The number of hydrogen-bond donors (Lipinski definition) is 0. The van der Waals surface area contributed by atoms with E-state index in [9.17, 15) is 4.39 Å². The maximum atomic E-state index is 13.1. The third-order valence-corrected chi connectivity index (χ3v) is 3.07. The number of morpholine rings is 1. The van der Waals surface area contributed by atoms with Crippen LogP contribution >= 0.6 is 15.9 Å². The van der Waals surface area contributed by atoms with E-state index < -0.39 is 0 Å². The van der Waals surface area contributed by atoms with Crippen LogP contribution in [-0.2, 0) is 4.74 Å². The van der Waals surface area contributed by atoms with Gasteiger partial charge >= 0.3 is 0 Å². The van der Waals surface area contributed by atoms with E-state index >= 15 is 0 Å². The van der Waals surface area contributed by atoms with Crippen molar-refractivity contribution >= 4 is 15.9 Å². The van der Waals surface area contributed by atoms with Crippen LogP contribution in [0.1, 0.15) is 0 Å². The van der Waals surface area contributed by atoms with Crippen molar-refractivity contribution in [1.29, 1.82) is 0 Å². The van der Waals surface area contributed by atoms with Crippen LogP contribution in [0, 0.1) is 5.82 Å². The van der Waals surface area contributed by atoms with Crippen molar-refractivity contribution in [2.24, 2.45) is 0 Å². The fraction of sp³-hybridized carbons (Fsp3) is 0.500. The first-order chi connectivity index (χ1) is 8.24. The van der Waals surface area contributed by atoms with Gasteiger partial charge in [-0.1, -0.05) is 15.9 Å².